The van der Waals surface area contributed by atoms with E-state index in [9.17, 15) is 4.79 Å². The van der Waals surface area contributed by atoms with E-state index in [1.165, 1.54) is 0 Å². The highest BCUT2D eigenvalue weighted by Gasteiger charge is 2.18. The lowest BCUT2D eigenvalue weighted by molar-refractivity contribution is 0.206. The van der Waals surface area contributed by atoms with Crippen LogP contribution in [0, 0.1) is 0 Å². The third kappa shape index (κ3) is 5.23. The molecule has 0 aliphatic rings. The molecule has 0 aliphatic heterocycles. The number of nitrogens with zero attached hydrogens (tertiary/aromatic N) is 1. The number of rotatable bonds is 8. The average molecular weight is 406 g/mol. The summed E-state index contributed by atoms with van der Waals surface area (Å²) in [4.78, 5) is 14.9. The van der Waals surface area contributed by atoms with Crippen molar-refractivity contribution in [3.8, 4) is 17.2 Å². The lowest BCUT2D eigenvalue weighted by Crippen LogP contribution is -2.34. The maximum absolute atomic E-state index is 13.2. The first kappa shape index (κ1) is 21.0. The van der Waals surface area contributed by atoms with Crippen LogP contribution in [-0.4, -0.2) is 32.3 Å². The summed E-state index contributed by atoms with van der Waals surface area (Å²) in [6.45, 7) is 0.956. The molecule has 0 aliphatic carbocycles. The van der Waals surface area contributed by atoms with Crippen molar-refractivity contribution in [1.82, 2.24) is 4.90 Å². The number of nitrogens with one attached hydrogen (secondary N) is 1. The zero-order valence-corrected chi connectivity index (χ0v) is 17.4. The molecule has 3 aromatic rings. The van der Waals surface area contributed by atoms with Crippen LogP contribution in [0.5, 0.6) is 17.2 Å². The molecule has 0 unspecified atom stereocenters. The Hall–Kier alpha value is -3.67. The summed E-state index contributed by atoms with van der Waals surface area (Å²) in [7, 11) is 4.63. The van der Waals surface area contributed by atoms with Crippen LogP contribution in [0.3, 0.4) is 0 Å². The summed E-state index contributed by atoms with van der Waals surface area (Å²) in [5, 5.41) is 2.95. The molecule has 3 rings (SSSR count). The number of carbonyl (C=O) groups excluding carboxylic acids is 1. The molecule has 6 nitrogen and oxygen atoms in total. The summed E-state index contributed by atoms with van der Waals surface area (Å²) in [6.07, 6.45) is 0. The van der Waals surface area contributed by atoms with E-state index in [1.807, 2.05) is 60.7 Å². The van der Waals surface area contributed by atoms with E-state index in [4.69, 9.17) is 14.2 Å². The predicted molar refractivity (Wildman–Crippen MR) is 117 cm³/mol. The van der Waals surface area contributed by atoms with Gasteiger partial charge in [0.15, 0.2) is 11.5 Å². The van der Waals surface area contributed by atoms with Gasteiger partial charge in [0.1, 0.15) is 0 Å². The molecule has 2 amide bonds. The molecule has 0 aromatic heterocycles. The number of amides is 2. The van der Waals surface area contributed by atoms with E-state index < -0.39 is 0 Å². The minimum Gasteiger partial charge on any atom is -0.493 e. The Kier molecular flexibility index (Phi) is 7.16. The molecule has 0 atom stereocenters. The first-order valence-electron chi connectivity index (χ1n) is 9.58. The van der Waals surface area contributed by atoms with Crippen molar-refractivity contribution >= 4 is 11.7 Å². The Bertz CT molecular complexity index is 895. The highest BCUT2D eigenvalue weighted by atomic mass is 16.5. The average Bonchev–Trinajstić information content (AvgIpc) is 2.79. The Labute approximate surface area is 177 Å². The Morgan fingerprint density at radius 2 is 1.23 bits per heavy atom. The normalized spacial score (nSPS) is 10.2. The first-order chi connectivity index (χ1) is 14.6. The van der Waals surface area contributed by atoms with Crippen molar-refractivity contribution in [3.63, 3.8) is 0 Å². The fraction of sp³-hybridized carbons (Fsp3) is 0.208. The van der Waals surface area contributed by atoms with Crippen LogP contribution in [0.1, 0.15) is 11.1 Å². The Balaban J connectivity index is 1.85. The van der Waals surface area contributed by atoms with Gasteiger partial charge in [-0.3, -0.25) is 0 Å². The van der Waals surface area contributed by atoms with Crippen molar-refractivity contribution in [1.29, 1.82) is 0 Å². The standard InChI is InChI=1S/C24H26N2O4/c1-28-21-14-20(15-22(29-2)23(21)30-3)25-24(27)26(16-18-10-6-4-7-11-18)17-19-12-8-5-9-13-19/h4-15H,16-17H2,1-3H3,(H,25,27). The van der Waals surface area contributed by atoms with Crippen molar-refractivity contribution in [3.05, 3.63) is 83.9 Å². The molecular weight excluding hydrogens is 380 g/mol. The zero-order valence-electron chi connectivity index (χ0n) is 17.4. The monoisotopic (exact) mass is 406 g/mol. The lowest BCUT2D eigenvalue weighted by Gasteiger charge is -2.24. The van der Waals surface area contributed by atoms with Gasteiger partial charge in [-0.1, -0.05) is 60.7 Å². The van der Waals surface area contributed by atoms with Crippen LogP contribution in [0.4, 0.5) is 10.5 Å². The summed E-state index contributed by atoms with van der Waals surface area (Å²) < 4.78 is 16.1. The Morgan fingerprint density at radius 3 is 1.63 bits per heavy atom. The molecule has 0 saturated carbocycles. The van der Waals surface area contributed by atoms with E-state index in [0.29, 0.717) is 36.0 Å². The molecule has 156 valence electrons. The van der Waals surface area contributed by atoms with Gasteiger partial charge in [0.25, 0.3) is 0 Å². The summed E-state index contributed by atoms with van der Waals surface area (Å²) >= 11 is 0. The number of urea groups is 1. The molecule has 0 radical (unpaired) electrons. The number of hydrogen-bond donors (Lipinski definition) is 1. The van der Waals surface area contributed by atoms with Gasteiger partial charge in [-0.25, -0.2) is 4.79 Å². The summed E-state index contributed by atoms with van der Waals surface area (Å²) in [5.41, 5.74) is 2.66. The van der Waals surface area contributed by atoms with E-state index in [0.717, 1.165) is 11.1 Å². The van der Waals surface area contributed by atoms with Gasteiger partial charge in [0.05, 0.1) is 27.0 Å². The largest absolute Gasteiger partial charge is 0.493 e. The maximum Gasteiger partial charge on any atom is 0.322 e. The van der Waals surface area contributed by atoms with Crippen molar-refractivity contribution in [2.75, 3.05) is 26.6 Å². The minimum absolute atomic E-state index is 0.225. The van der Waals surface area contributed by atoms with E-state index in [-0.39, 0.29) is 6.03 Å². The number of anilines is 1. The third-order valence-electron chi connectivity index (χ3n) is 4.64. The number of hydrogen-bond acceptors (Lipinski definition) is 4. The van der Waals surface area contributed by atoms with Gasteiger partial charge >= 0.3 is 6.03 Å². The molecule has 6 heteroatoms. The molecule has 0 bridgehead atoms. The van der Waals surface area contributed by atoms with Crippen molar-refractivity contribution < 1.29 is 19.0 Å². The quantitative estimate of drug-likeness (QED) is 0.575. The van der Waals surface area contributed by atoms with E-state index in [2.05, 4.69) is 5.32 Å². The second-order valence-electron chi connectivity index (χ2n) is 6.67. The van der Waals surface area contributed by atoms with Crippen LogP contribution in [-0.2, 0) is 13.1 Å². The lowest BCUT2D eigenvalue weighted by atomic mass is 10.2. The third-order valence-corrected chi connectivity index (χ3v) is 4.64. The van der Waals surface area contributed by atoms with Crippen LogP contribution < -0.4 is 19.5 Å². The van der Waals surface area contributed by atoms with E-state index >= 15 is 0 Å². The topological polar surface area (TPSA) is 60.0 Å². The molecule has 30 heavy (non-hydrogen) atoms. The first-order valence-corrected chi connectivity index (χ1v) is 9.58. The van der Waals surface area contributed by atoms with Crippen LogP contribution >= 0.6 is 0 Å². The fourth-order valence-corrected chi connectivity index (χ4v) is 3.16. The molecule has 0 saturated heterocycles. The number of methoxy groups -OCH3 is 3. The van der Waals surface area contributed by atoms with E-state index in [1.54, 1.807) is 38.4 Å². The molecule has 0 fully saturated rings. The predicted octanol–water partition coefficient (Wildman–Crippen LogP) is 4.95. The number of ether oxygens (including phenoxy) is 3. The van der Waals surface area contributed by atoms with Crippen molar-refractivity contribution in [2.24, 2.45) is 0 Å². The van der Waals surface area contributed by atoms with Gasteiger partial charge < -0.3 is 24.4 Å². The smallest absolute Gasteiger partial charge is 0.322 e. The van der Waals surface area contributed by atoms with Crippen LogP contribution in [0.2, 0.25) is 0 Å². The summed E-state index contributed by atoms with van der Waals surface area (Å²) in [6, 6.07) is 23.0. The Morgan fingerprint density at radius 1 is 0.767 bits per heavy atom. The van der Waals surface area contributed by atoms with Crippen LogP contribution in [0.15, 0.2) is 72.8 Å². The van der Waals surface area contributed by atoms with Crippen LogP contribution in [0.25, 0.3) is 0 Å². The number of carbonyl (C=O) groups is 1. The summed E-state index contributed by atoms with van der Waals surface area (Å²) in [5.74, 6) is 1.43. The van der Waals surface area contributed by atoms with Gasteiger partial charge in [0, 0.05) is 25.2 Å². The zero-order chi connectivity index (χ0) is 21.3. The van der Waals surface area contributed by atoms with Crippen molar-refractivity contribution in [2.45, 2.75) is 13.1 Å². The SMILES string of the molecule is COc1cc(NC(=O)N(Cc2ccccc2)Cc2ccccc2)cc(OC)c1OC. The molecule has 0 heterocycles. The fourth-order valence-electron chi connectivity index (χ4n) is 3.16. The molecule has 0 spiro atoms. The highest BCUT2D eigenvalue weighted by molar-refractivity contribution is 5.90. The van der Waals surface area contributed by atoms with Gasteiger partial charge in [0.2, 0.25) is 5.75 Å². The van der Waals surface area contributed by atoms with Gasteiger partial charge in [-0.05, 0) is 11.1 Å². The van der Waals surface area contributed by atoms with Gasteiger partial charge in [-0.15, -0.1) is 0 Å². The minimum atomic E-state index is -0.225. The number of benzene rings is 3. The molecule has 3 aromatic carbocycles. The maximum atomic E-state index is 13.2. The second kappa shape index (κ2) is 10.2. The van der Waals surface area contributed by atoms with Gasteiger partial charge in [-0.2, -0.15) is 0 Å². The highest BCUT2D eigenvalue weighted by Crippen LogP contribution is 2.40. The molecule has 1 N–H and O–H groups in total. The molecular formula is C24H26N2O4. The second-order valence-corrected chi connectivity index (χ2v) is 6.67.